The van der Waals surface area contributed by atoms with E-state index in [2.05, 4.69) is 24.9 Å². The van der Waals surface area contributed by atoms with Gasteiger partial charge in [0.25, 0.3) is 11.6 Å². The first-order valence-corrected chi connectivity index (χ1v) is 7.72. The number of halogens is 3. The molecule has 124 valence electrons. The fourth-order valence-corrected chi connectivity index (χ4v) is 3.51. The summed E-state index contributed by atoms with van der Waals surface area (Å²) in [6.45, 7) is 5.38. The van der Waals surface area contributed by atoms with Crippen molar-refractivity contribution in [3.05, 3.63) is 17.6 Å². The Kier molecular flexibility index (Phi) is 3.22. The first-order valence-electron chi connectivity index (χ1n) is 7.72. The Hall–Kier alpha value is -1.90. The first kappa shape index (κ1) is 14.7. The molecule has 0 radical (unpaired) electrons. The van der Waals surface area contributed by atoms with Crippen LogP contribution in [0.25, 0.3) is 5.78 Å². The average molecular weight is 326 g/mol. The lowest BCUT2D eigenvalue weighted by Crippen LogP contribution is -2.50. The molecule has 2 fully saturated rings. The fourth-order valence-electron chi connectivity index (χ4n) is 3.51. The molecule has 6 nitrogen and oxygen atoms in total. The van der Waals surface area contributed by atoms with Crippen LogP contribution in [0.4, 0.5) is 19.0 Å². The molecular weight excluding hydrogens is 309 g/mol. The van der Waals surface area contributed by atoms with E-state index in [0.717, 1.165) is 32.6 Å². The van der Waals surface area contributed by atoms with Crippen molar-refractivity contribution in [1.29, 1.82) is 0 Å². The number of aromatic nitrogens is 4. The number of rotatable bonds is 1. The van der Waals surface area contributed by atoms with Gasteiger partial charge in [0.2, 0.25) is 0 Å². The van der Waals surface area contributed by atoms with Crippen molar-refractivity contribution in [3.8, 4) is 0 Å². The highest BCUT2D eigenvalue weighted by atomic mass is 19.4. The summed E-state index contributed by atoms with van der Waals surface area (Å²) in [6.07, 6.45) is -2.25. The van der Waals surface area contributed by atoms with E-state index >= 15 is 0 Å². The summed E-state index contributed by atoms with van der Waals surface area (Å²) in [6, 6.07) is 2.25. The highest BCUT2D eigenvalue weighted by Gasteiger charge is 2.37. The van der Waals surface area contributed by atoms with Crippen LogP contribution < -0.4 is 4.90 Å². The Balaban J connectivity index is 1.75. The molecule has 2 aromatic rings. The number of fused-ring (bicyclic) bond motifs is 2. The Morgan fingerprint density at radius 1 is 1.17 bits per heavy atom. The van der Waals surface area contributed by atoms with Gasteiger partial charge in [-0.05, 0) is 26.3 Å². The van der Waals surface area contributed by atoms with E-state index < -0.39 is 12.0 Å². The number of anilines is 1. The SMILES string of the molecule is Cc1cc(N2CCN3CCCC3C2)n2nc(C(F)(F)F)nc2n1. The summed E-state index contributed by atoms with van der Waals surface area (Å²) < 4.78 is 39.9. The fraction of sp³-hybridized carbons (Fsp3) is 0.643. The summed E-state index contributed by atoms with van der Waals surface area (Å²) in [4.78, 5) is 12.2. The second kappa shape index (κ2) is 5.05. The molecule has 4 heterocycles. The first-order chi connectivity index (χ1) is 10.9. The van der Waals surface area contributed by atoms with Gasteiger partial charge in [-0.15, -0.1) is 5.10 Å². The molecular formula is C14H17F3N6. The van der Waals surface area contributed by atoms with Gasteiger partial charge in [-0.3, -0.25) is 4.90 Å². The van der Waals surface area contributed by atoms with Crippen molar-refractivity contribution < 1.29 is 13.2 Å². The van der Waals surface area contributed by atoms with Crippen LogP contribution in [0.15, 0.2) is 6.07 Å². The molecule has 9 heteroatoms. The van der Waals surface area contributed by atoms with Gasteiger partial charge in [0.05, 0.1) is 0 Å². The van der Waals surface area contributed by atoms with Crippen molar-refractivity contribution >= 4 is 11.6 Å². The quantitative estimate of drug-likeness (QED) is 0.799. The second-order valence-electron chi connectivity index (χ2n) is 6.18. The molecule has 2 aliphatic heterocycles. The third kappa shape index (κ3) is 2.52. The van der Waals surface area contributed by atoms with E-state index in [0.29, 0.717) is 17.6 Å². The highest BCUT2D eigenvalue weighted by Crippen LogP contribution is 2.29. The van der Waals surface area contributed by atoms with Gasteiger partial charge < -0.3 is 4.90 Å². The minimum absolute atomic E-state index is 0.00109. The van der Waals surface area contributed by atoms with Crippen molar-refractivity contribution in [2.24, 2.45) is 0 Å². The minimum Gasteiger partial charge on any atom is -0.354 e. The van der Waals surface area contributed by atoms with Crippen molar-refractivity contribution in [2.45, 2.75) is 32.0 Å². The zero-order valence-electron chi connectivity index (χ0n) is 12.7. The highest BCUT2D eigenvalue weighted by molar-refractivity contribution is 5.48. The third-order valence-electron chi connectivity index (χ3n) is 4.59. The Morgan fingerprint density at radius 2 is 2.00 bits per heavy atom. The zero-order valence-corrected chi connectivity index (χ0v) is 12.7. The van der Waals surface area contributed by atoms with E-state index in [9.17, 15) is 13.2 Å². The largest absolute Gasteiger partial charge is 0.453 e. The summed E-state index contributed by atoms with van der Waals surface area (Å²) >= 11 is 0. The molecule has 4 rings (SSSR count). The van der Waals surface area contributed by atoms with E-state index in [-0.39, 0.29) is 5.78 Å². The van der Waals surface area contributed by atoms with Crippen LogP contribution >= 0.6 is 0 Å². The number of piperazine rings is 1. The van der Waals surface area contributed by atoms with E-state index in [1.165, 1.54) is 10.9 Å². The van der Waals surface area contributed by atoms with Crippen LogP contribution in [0.3, 0.4) is 0 Å². The van der Waals surface area contributed by atoms with Gasteiger partial charge in [0, 0.05) is 37.4 Å². The van der Waals surface area contributed by atoms with Crippen LogP contribution in [-0.4, -0.2) is 56.7 Å². The van der Waals surface area contributed by atoms with Crippen molar-refractivity contribution in [2.75, 3.05) is 31.1 Å². The molecule has 2 saturated heterocycles. The Bertz CT molecular complexity index is 740. The van der Waals surface area contributed by atoms with E-state index in [1.54, 1.807) is 13.0 Å². The molecule has 0 aromatic carbocycles. The summed E-state index contributed by atoms with van der Waals surface area (Å²) in [7, 11) is 0. The monoisotopic (exact) mass is 326 g/mol. The van der Waals surface area contributed by atoms with Gasteiger partial charge in [-0.1, -0.05) is 0 Å². The maximum absolute atomic E-state index is 12.9. The number of hydrogen-bond acceptors (Lipinski definition) is 5. The third-order valence-corrected chi connectivity index (χ3v) is 4.59. The molecule has 0 spiro atoms. The number of nitrogens with zero attached hydrogens (tertiary/aromatic N) is 6. The van der Waals surface area contributed by atoms with Gasteiger partial charge in [0.15, 0.2) is 0 Å². The van der Waals surface area contributed by atoms with Crippen LogP contribution in [0.1, 0.15) is 24.4 Å². The number of hydrogen-bond donors (Lipinski definition) is 0. The average Bonchev–Trinajstić information content (AvgIpc) is 3.10. The van der Waals surface area contributed by atoms with Gasteiger partial charge in [-0.2, -0.15) is 22.7 Å². The van der Waals surface area contributed by atoms with Crippen molar-refractivity contribution in [1.82, 2.24) is 24.5 Å². The van der Waals surface area contributed by atoms with Crippen LogP contribution in [0, 0.1) is 6.92 Å². The molecule has 0 saturated carbocycles. The molecule has 2 aliphatic rings. The molecule has 1 atom stereocenters. The Labute approximate surface area is 130 Å². The number of alkyl halides is 3. The zero-order chi connectivity index (χ0) is 16.2. The van der Waals surface area contributed by atoms with E-state index in [4.69, 9.17) is 0 Å². The van der Waals surface area contributed by atoms with Gasteiger partial charge in [-0.25, -0.2) is 4.98 Å². The molecule has 0 aliphatic carbocycles. The van der Waals surface area contributed by atoms with Crippen LogP contribution in [0.2, 0.25) is 0 Å². The van der Waals surface area contributed by atoms with Crippen molar-refractivity contribution in [3.63, 3.8) is 0 Å². The summed E-state index contributed by atoms with van der Waals surface area (Å²) in [5.74, 6) is -0.500. The maximum atomic E-state index is 12.9. The lowest BCUT2D eigenvalue weighted by molar-refractivity contribution is -0.144. The standard InChI is InChI=1S/C14H17F3N6/c1-9-7-11(22-6-5-21-4-2-3-10(21)8-22)23-13(18-9)19-12(20-23)14(15,16)17/h7,10H,2-6,8H2,1H3. The smallest absolute Gasteiger partial charge is 0.354 e. The molecule has 0 bridgehead atoms. The maximum Gasteiger partial charge on any atom is 0.453 e. The molecule has 0 amide bonds. The van der Waals surface area contributed by atoms with Gasteiger partial charge >= 0.3 is 6.18 Å². The molecule has 1 unspecified atom stereocenters. The van der Waals surface area contributed by atoms with E-state index in [1.807, 2.05) is 0 Å². The molecule has 2 aromatic heterocycles. The van der Waals surface area contributed by atoms with Crippen LogP contribution in [-0.2, 0) is 6.18 Å². The Morgan fingerprint density at radius 3 is 2.78 bits per heavy atom. The predicted molar refractivity (Wildman–Crippen MR) is 77.3 cm³/mol. The van der Waals surface area contributed by atoms with Crippen LogP contribution in [0.5, 0.6) is 0 Å². The topological polar surface area (TPSA) is 49.6 Å². The molecule has 23 heavy (non-hydrogen) atoms. The summed E-state index contributed by atoms with van der Waals surface area (Å²) in [5.41, 5.74) is 0.641. The number of aryl methyl sites for hydroxylation is 1. The lowest BCUT2D eigenvalue weighted by atomic mass is 10.1. The summed E-state index contributed by atoms with van der Waals surface area (Å²) in [5, 5.41) is 3.65. The predicted octanol–water partition coefficient (Wildman–Crippen LogP) is 1.74. The molecule has 0 N–H and O–H groups in total. The minimum atomic E-state index is -4.57. The second-order valence-corrected chi connectivity index (χ2v) is 6.18. The lowest BCUT2D eigenvalue weighted by Gasteiger charge is -2.38. The normalized spacial score (nSPS) is 22.8. The van der Waals surface area contributed by atoms with Gasteiger partial charge in [0.1, 0.15) is 5.82 Å².